The van der Waals surface area contributed by atoms with Gasteiger partial charge in [-0.1, -0.05) is 6.07 Å². The normalized spacial score (nSPS) is 10.7. The largest absolute Gasteiger partial charge is 0.435 e. The van der Waals surface area contributed by atoms with Crippen LogP contribution in [0.2, 0.25) is 0 Å². The van der Waals surface area contributed by atoms with Crippen molar-refractivity contribution in [3.63, 3.8) is 0 Å². The predicted octanol–water partition coefficient (Wildman–Crippen LogP) is 2.47. The maximum Gasteiger partial charge on any atom is 0.387 e. The lowest BCUT2D eigenvalue weighted by Crippen LogP contribution is -2.25. The third-order valence-electron chi connectivity index (χ3n) is 2.73. The first-order chi connectivity index (χ1) is 10.9. The van der Waals surface area contributed by atoms with Crippen molar-refractivity contribution >= 4 is 11.7 Å². The number of amides is 1. The van der Waals surface area contributed by atoms with Gasteiger partial charge in [0.1, 0.15) is 28.8 Å². The number of aromatic nitrogens is 1. The van der Waals surface area contributed by atoms with Crippen molar-refractivity contribution in [3.05, 3.63) is 53.2 Å². The van der Waals surface area contributed by atoms with Gasteiger partial charge in [0, 0.05) is 12.1 Å². The van der Waals surface area contributed by atoms with E-state index >= 15 is 0 Å². The van der Waals surface area contributed by atoms with Crippen molar-refractivity contribution in [2.45, 2.75) is 13.2 Å². The number of alkyl halides is 2. The van der Waals surface area contributed by atoms with Crippen molar-refractivity contribution in [1.82, 2.24) is 10.3 Å². The molecular weight excluding hydrogens is 318 g/mol. The maximum atomic E-state index is 13.7. The van der Waals surface area contributed by atoms with Gasteiger partial charge in [-0.05, 0) is 12.1 Å². The van der Waals surface area contributed by atoms with E-state index in [1.54, 1.807) is 12.1 Å². The Bertz CT molecular complexity index is 702. The number of rotatable bonds is 5. The molecule has 0 unspecified atom stereocenters. The first-order valence-corrected chi connectivity index (χ1v) is 6.30. The fraction of sp³-hybridized carbons (Fsp3) is 0.143. The van der Waals surface area contributed by atoms with E-state index in [0.717, 1.165) is 0 Å². The van der Waals surface area contributed by atoms with Crippen LogP contribution in [0.25, 0.3) is 0 Å². The first-order valence-electron chi connectivity index (χ1n) is 6.30. The number of pyridine rings is 1. The van der Waals surface area contributed by atoms with Gasteiger partial charge in [0.15, 0.2) is 0 Å². The Morgan fingerprint density at radius 3 is 2.48 bits per heavy atom. The first kappa shape index (κ1) is 16.5. The summed E-state index contributed by atoms with van der Waals surface area (Å²) in [5.74, 6) is -4.20. The molecular formula is C14H11F4N3O2. The minimum Gasteiger partial charge on any atom is -0.435 e. The summed E-state index contributed by atoms with van der Waals surface area (Å²) in [6.45, 7) is -3.35. The van der Waals surface area contributed by atoms with Gasteiger partial charge < -0.3 is 15.8 Å². The highest BCUT2D eigenvalue weighted by molar-refractivity contribution is 5.94. The number of carbonyl (C=O) groups is 1. The van der Waals surface area contributed by atoms with E-state index in [2.05, 4.69) is 15.0 Å². The van der Waals surface area contributed by atoms with Gasteiger partial charge in [-0.25, -0.2) is 13.8 Å². The lowest BCUT2D eigenvalue weighted by molar-refractivity contribution is -0.0501. The molecule has 0 saturated carbocycles. The summed E-state index contributed by atoms with van der Waals surface area (Å²) in [6, 6.07) is 5.70. The second-order valence-corrected chi connectivity index (χ2v) is 4.38. The summed E-state index contributed by atoms with van der Waals surface area (Å²) >= 11 is 0. The molecule has 0 bridgehead atoms. The SMILES string of the molecule is Nc1cccc(CNC(=O)c2c(F)cc(OC(F)F)cc2F)n1. The molecule has 1 amide bonds. The second kappa shape index (κ2) is 6.95. The standard InChI is InChI=1S/C14H11F4N3O2/c15-9-4-8(23-14(17)18)5-10(16)12(9)13(22)20-6-7-2-1-3-11(19)21-7/h1-5,14H,6H2,(H2,19,21)(H,20,22). The minimum atomic E-state index is -3.23. The third kappa shape index (κ3) is 4.31. The van der Waals surface area contributed by atoms with Crippen LogP contribution in [0.1, 0.15) is 16.1 Å². The van der Waals surface area contributed by atoms with Crippen molar-refractivity contribution in [2.75, 3.05) is 5.73 Å². The minimum absolute atomic E-state index is 0.113. The highest BCUT2D eigenvalue weighted by Gasteiger charge is 2.20. The number of ether oxygens (including phenoxy) is 1. The van der Waals surface area contributed by atoms with Gasteiger partial charge in [-0.15, -0.1) is 0 Å². The van der Waals surface area contributed by atoms with Crippen LogP contribution in [0.15, 0.2) is 30.3 Å². The van der Waals surface area contributed by atoms with Gasteiger partial charge in [-0.2, -0.15) is 8.78 Å². The van der Waals surface area contributed by atoms with Crippen molar-refractivity contribution in [1.29, 1.82) is 0 Å². The molecule has 0 aliphatic carbocycles. The highest BCUT2D eigenvalue weighted by atomic mass is 19.3. The van der Waals surface area contributed by atoms with Gasteiger partial charge >= 0.3 is 6.61 Å². The van der Waals surface area contributed by atoms with Crippen molar-refractivity contribution < 1.29 is 27.1 Å². The Kier molecular flexibility index (Phi) is 4.99. The molecule has 2 aromatic rings. The van der Waals surface area contributed by atoms with Crippen LogP contribution in [0, 0.1) is 11.6 Å². The molecule has 23 heavy (non-hydrogen) atoms. The molecule has 0 spiro atoms. The zero-order valence-corrected chi connectivity index (χ0v) is 11.5. The van der Waals surface area contributed by atoms with E-state index < -0.39 is 35.5 Å². The van der Waals surface area contributed by atoms with Gasteiger partial charge in [0.25, 0.3) is 5.91 Å². The van der Waals surface area contributed by atoms with Crippen molar-refractivity contribution in [3.8, 4) is 5.75 Å². The molecule has 1 aromatic heterocycles. The summed E-state index contributed by atoms with van der Waals surface area (Å²) < 4.78 is 55.4. The predicted molar refractivity (Wildman–Crippen MR) is 72.8 cm³/mol. The molecule has 0 aliphatic heterocycles. The van der Waals surface area contributed by atoms with Crippen LogP contribution in [-0.4, -0.2) is 17.5 Å². The maximum absolute atomic E-state index is 13.7. The van der Waals surface area contributed by atoms with Crippen LogP contribution in [0.3, 0.4) is 0 Å². The molecule has 2 rings (SSSR count). The lowest BCUT2D eigenvalue weighted by atomic mass is 10.1. The zero-order valence-electron chi connectivity index (χ0n) is 11.5. The number of hydrogen-bond donors (Lipinski definition) is 2. The van der Waals surface area contributed by atoms with Crippen LogP contribution in [0.4, 0.5) is 23.4 Å². The molecule has 0 fully saturated rings. The van der Waals surface area contributed by atoms with E-state index in [1.807, 2.05) is 0 Å². The molecule has 0 atom stereocenters. The average Bonchev–Trinajstić information content (AvgIpc) is 2.43. The van der Waals surface area contributed by atoms with Crippen LogP contribution in [0.5, 0.6) is 5.75 Å². The molecule has 122 valence electrons. The molecule has 5 nitrogen and oxygen atoms in total. The lowest BCUT2D eigenvalue weighted by Gasteiger charge is -2.10. The topological polar surface area (TPSA) is 77.2 Å². The summed E-state index contributed by atoms with van der Waals surface area (Å²) in [5, 5.41) is 2.26. The number of hydrogen-bond acceptors (Lipinski definition) is 4. The summed E-state index contributed by atoms with van der Waals surface area (Å²) in [5.41, 5.74) is 4.94. The van der Waals surface area contributed by atoms with E-state index in [-0.39, 0.29) is 12.4 Å². The smallest absolute Gasteiger partial charge is 0.387 e. The van der Waals surface area contributed by atoms with E-state index in [0.29, 0.717) is 17.8 Å². The number of halogens is 4. The summed E-state index contributed by atoms with van der Waals surface area (Å²) in [6.07, 6.45) is 0. The fourth-order valence-corrected chi connectivity index (χ4v) is 1.79. The molecule has 1 aromatic carbocycles. The van der Waals surface area contributed by atoms with Gasteiger partial charge in [0.2, 0.25) is 0 Å². The number of nitrogens with one attached hydrogen (secondary N) is 1. The number of nitrogens with zero attached hydrogens (tertiary/aromatic N) is 1. The van der Waals surface area contributed by atoms with E-state index in [9.17, 15) is 22.4 Å². The molecule has 0 radical (unpaired) electrons. The average molecular weight is 329 g/mol. The number of nitrogens with two attached hydrogens (primary N) is 1. The molecule has 3 N–H and O–H groups in total. The van der Waals surface area contributed by atoms with Gasteiger partial charge in [-0.3, -0.25) is 4.79 Å². The van der Waals surface area contributed by atoms with Crippen molar-refractivity contribution in [2.24, 2.45) is 0 Å². The van der Waals surface area contributed by atoms with Crippen LogP contribution < -0.4 is 15.8 Å². The monoisotopic (exact) mass is 329 g/mol. The molecule has 9 heteroatoms. The Morgan fingerprint density at radius 2 is 1.91 bits per heavy atom. The van der Waals surface area contributed by atoms with E-state index in [4.69, 9.17) is 5.73 Å². The van der Waals surface area contributed by atoms with Crippen LogP contribution >= 0.6 is 0 Å². The van der Waals surface area contributed by atoms with E-state index in [1.165, 1.54) is 6.07 Å². The number of anilines is 1. The Hall–Kier alpha value is -2.84. The molecule has 0 aliphatic rings. The number of nitrogen functional groups attached to an aromatic ring is 1. The zero-order chi connectivity index (χ0) is 17.0. The molecule has 0 saturated heterocycles. The van der Waals surface area contributed by atoms with Gasteiger partial charge in [0.05, 0.1) is 12.2 Å². The third-order valence-corrected chi connectivity index (χ3v) is 2.73. The Balaban J connectivity index is 2.13. The quantitative estimate of drug-likeness (QED) is 0.826. The number of benzene rings is 1. The Labute approximate surface area is 128 Å². The van der Waals surface area contributed by atoms with Crippen LogP contribution in [-0.2, 0) is 6.54 Å². The number of carbonyl (C=O) groups excluding carboxylic acids is 1. The fourth-order valence-electron chi connectivity index (χ4n) is 1.79. The summed E-state index contributed by atoms with van der Waals surface area (Å²) in [7, 11) is 0. The second-order valence-electron chi connectivity index (χ2n) is 4.38. The summed E-state index contributed by atoms with van der Waals surface area (Å²) in [4.78, 5) is 15.7. The highest BCUT2D eigenvalue weighted by Crippen LogP contribution is 2.22. The molecule has 1 heterocycles. The Morgan fingerprint density at radius 1 is 1.26 bits per heavy atom.